The zero-order chi connectivity index (χ0) is 21.6. The van der Waals surface area contributed by atoms with Gasteiger partial charge in [-0.2, -0.15) is 0 Å². The smallest absolute Gasteiger partial charge is 0.272 e. The molecule has 2 aliphatic rings. The molecule has 0 bridgehead atoms. The minimum absolute atomic E-state index is 0.0324. The number of aromatic nitrogens is 1. The van der Waals surface area contributed by atoms with E-state index in [1.165, 1.54) is 4.90 Å². The Kier molecular flexibility index (Phi) is 4.60. The molecule has 4 rings (SSSR count). The maximum atomic E-state index is 13.1. The van der Waals surface area contributed by atoms with Gasteiger partial charge in [-0.1, -0.05) is 0 Å². The summed E-state index contributed by atoms with van der Waals surface area (Å²) in [4.78, 5) is 45.2. The lowest BCUT2D eigenvalue weighted by atomic mass is 10.0. The van der Waals surface area contributed by atoms with Crippen molar-refractivity contribution in [2.45, 2.75) is 26.4 Å². The first-order valence-corrected chi connectivity index (χ1v) is 9.59. The van der Waals surface area contributed by atoms with Crippen LogP contribution in [0.3, 0.4) is 0 Å². The fourth-order valence-electron chi connectivity index (χ4n) is 3.57. The van der Waals surface area contributed by atoms with E-state index in [0.29, 0.717) is 29.3 Å². The molecule has 2 amide bonds. The molecule has 0 saturated heterocycles. The van der Waals surface area contributed by atoms with E-state index in [2.05, 4.69) is 4.98 Å². The molecule has 2 N–H and O–H groups in total. The van der Waals surface area contributed by atoms with Crippen LogP contribution in [0.4, 0.5) is 17.3 Å². The predicted molar refractivity (Wildman–Crippen MR) is 110 cm³/mol. The van der Waals surface area contributed by atoms with E-state index in [4.69, 9.17) is 15.2 Å². The van der Waals surface area contributed by atoms with E-state index in [1.54, 1.807) is 49.1 Å². The van der Waals surface area contributed by atoms with E-state index in [0.717, 1.165) is 0 Å². The van der Waals surface area contributed by atoms with Crippen molar-refractivity contribution in [3.05, 3.63) is 35.9 Å². The van der Waals surface area contributed by atoms with Crippen LogP contribution in [-0.2, 0) is 9.59 Å². The second-order valence-corrected chi connectivity index (χ2v) is 7.59. The second kappa shape index (κ2) is 7.01. The number of anilines is 3. The molecule has 0 fully saturated rings. The minimum atomic E-state index is -1.15. The Balaban J connectivity index is 1.67. The fraction of sp³-hybridized carbons (Fsp3) is 0.333. The van der Waals surface area contributed by atoms with Gasteiger partial charge in [-0.3, -0.25) is 19.3 Å². The molecule has 2 aliphatic heterocycles. The maximum absolute atomic E-state index is 13.1. The van der Waals surface area contributed by atoms with Crippen molar-refractivity contribution in [3.8, 4) is 11.5 Å². The number of benzene rings is 1. The third-order valence-electron chi connectivity index (χ3n) is 5.08. The van der Waals surface area contributed by atoms with Crippen molar-refractivity contribution >= 4 is 34.9 Å². The predicted octanol–water partition coefficient (Wildman–Crippen LogP) is 1.80. The Morgan fingerprint density at radius 1 is 1.17 bits per heavy atom. The number of nitrogens with zero attached hydrogens (tertiary/aromatic N) is 3. The molecule has 0 atom stereocenters. The standard InChI is InChI=1S/C21H22N4O5/c1-4-24-13-9-12(5-6-15(13)29-11-18(24)27)14(26)10-25-19-16(7-8-17(22)23-19)30-21(2,3)20(25)28/h5-9H,4,10-11H2,1-3H3,(H2,22,23). The summed E-state index contributed by atoms with van der Waals surface area (Å²) in [5.41, 5.74) is 5.52. The van der Waals surface area contributed by atoms with Crippen LogP contribution in [0.5, 0.6) is 11.5 Å². The molecule has 1 aromatic heterocycles. The SMILES string of the molecule is CCN1C(=O)COc2ccc(C(=O)CN3C(=O)C(C)(C)Oc4ccc(N)nc43)cc21. The monoisotopic (exact) mass is 410 g/mol. The molecule has 0 saturated carbocycles. The molecule has 0 spiro atoms. The topological polar surface area (TPSA) is 115 Å². The number of hydrogen-bond donors (Lipinski definition) is 1. The molecule has 156 valence electrons. The van der Waals surface area contributed by atoms with E-state index >= 15 is 0 Å². The normalized spacial score (nSPS) is 17.0. The van der Waals surface area contributed by atoms with Crippen molar-refractivity contribution in [2.24, 2.45) is 0 Å². The first kappa shape index (κ1) is 19.7. The van der Waals surface area contributed by atoms with Gasteiger partial charge in [0.05, 0.1) is 12.2 Å². The van der Waals surface area contributed by atoms with E-state index in [9.17, 15) is 14.4 Å². The molecular formula is C21H22N4O5. The number of Topliss-reactive ketones (excluding diaryl/α,β-unsaturated/α-hetero) is 1. The number of nitrogens with two attached hydrogens (primary N) is 1. The van der Waals surface area contributed by atoms with Gasteiger partial charge in [-0.25, -0.2) is 4.98 Å². The third kappa shape index (κ3) is 3.22. The number of pyridine rings is 1. The number of ketones is 1. The van der Waals surface area contributed by atoms with Gasteiger partial charge in [0.2, 0.25) is 0 Å². The first-order valence-electron chi connectivity index (χ1n) is 9.59. The molecule has 1 aromatic carbocycles. The molecule has 9 heteroatoms. The number of carbonyl (C=O) groups is 3. The van der Waals surface area contributed by atoms with Gasteiger partial charge in [0.1, 0.15) is 11.6 Å². The van der Waals surface area contributed by atoms with Crippen molar-refractivity contribution in [3.63, 3.8) is 0 Å². The third-order valence-corrected chi connectivity index (χ3v) is 5.08. The minimum Gasteiger partial charge on any atom is -0.482 e. The second-order valence-electron chi connectivity index (χ2n) is 7.59. The van der Waals surface area contributed by atoms with Crippen LogP contribution >= 0.6 is 0 Å². The summed E-state index contributed by atoms with van der Waals surface area (Å²) in [6, 6.07) is 8.10. The number of likely N-dealkylation sites (N-methyl/N-ethyl adjacent to an activating group) is 1. The highest BCUT2D eigenvalue weighted by Crippen LogP contribution is 2.37. The van der Waals surface area contributed by atoms with Crippen molar-refractivity contribution in [1.82, 2.24) is 4.98 Å². The van der Waals surface area contributed by atoms with Gasteiger partial charge in [0.25, 0.3) is 11.8 Å². The van der Waals surface area contributed by atoms with Gasteiger partial charge in [0.15, 0.2) is 29.6 Å². The lowest BCUT2D eigenvalue weighted by Gasteiger charge is -2.37. The molecule has 30 heavy (non-hydrogen) atoms. The summed E-state index contributed by atoms with van der Waals surface area (Å²) < 4.78 is 11.2. The summed E-state index contributed by atoms with van der Waals surface area (Å²) in [5.74, 6) is 0.457. The molecule has 9 nitrogen and oxygen atoms in total. The number of hydrogen-bond acceptors (Lipinski definition) is 7. The van der Waals surface area contributed by atoms with Crippen LogP contribution in [0.25, 0.3) is 0 Å². The molecule has 0 aliphatic carbocycles. The Labute approximate surface area is 173 Å². The van der Waals surface area contributed by atoms with Crippen LogP contribution < -0.4 is 25.0 Å². The van der Waals surface area contributed by atoms with Crippen LogP contribution in [0.2, 0.25) is 0 Å². The van der Waals surface area contributed by atoms with Gasteiger partial charge < -0.3 is 20.1 Å². The van der Waals surface area contributed by atoms with Crippen molar-refractivity contribution in [2.75, 3.05) is 35.2 Å². The first-order chi connectivity index (χ1) is 14.2. The van der Waals surface area contributed by atoms with Crippen molar-refractivity contribution in [1.29, 1.82) is 0 Å². The van der Waals surface area contributed by atoms with Crippen LogP contribution in [0.1, 0.15) is 31.1 Å². The quantitative estimate of drug-likeness (QED) is 0.764. The highest BCUT2D eigenvalue weighted by molar-refractivity contribution is 6.10. The molecule has 3 heterocycles. The Bertz CT molecular complexity index is 1070. The number of fused-ring (bicyclic) bond motifs is 2. The van der Waals surface area contributed by atoms with E-state index in [-0.39, 0.29) is 36.5 Å². The Morgan fingerprint density at radius 3 is 2.63 bits per heavy atom. The highest BCUT2D eigenvalue weighted by atomic mass is 16.5. The average Bonchev–Trinajstić information content (AvgIpc) is 2.71. The average molecular weight is 410 g/mol. The summed E-state index contributed by atoms with van der Waals surface area (Å²) in [6.45, 7) is 5.30. The highest BCUT2D eigenvalue weighted by Gasteiger charge is 2.42. The summed E-state index contributed by atoms with van der Waals surface area (Å²) in [7, 11) is 0. The maximum Gasteiger partial charge on any atom is 0.272 e. The number of nitrogen functional groups attached to an aromatic ring is 1. The lowest BCUT2D eigenvalue weighted by molar-refractivity contribution is -0.132. The largest absolute Gasteiger partial charge is 0.482 e. The molecule has 2 aromatic rings. The van der Waals surface area contributed by atoms with Gasteiger partial charge in [0, 0.05) is 12.1 Å². The van der Waals surface area contributed by atoms with Crippen molar-refractivity contribution < 1.29 is 23.9 Å². The van der Waals surface area contributed by atoms with E-state index in [1.807, 2.05) is 6.92 Å². The zero-order valence-electron chi connectivity index (χ0n) is 17.0. The van der Waals surface area contributed by atoms with Crippen LogP contribution in [0, 0.1) is 0 Å². The number of carbonyl (C=O) groups excluding carboxylic acids is 3. The molecule has 0 unspecified atom stereocenters. The Morgan fingerprint density at radius 2 is 1.90 bits per heavy atom. The zero-order valence-corrected chi connectivity index (χ0v) is 17.0. The van der Waals surface area contributed by atoms with E-state index < -0.39 is 11.5 Å². The molecular weight excluding hydrogens is 388 g/mol. The van der Waals surface area contributed by atoms with Crippen LogP contribution in [-0.4, -0.2) is 47.9 Å². The van der Waals surface area contributed by atoms with Gasteiger partial charge in [-0.15, -0.1) is 0 Å². The lowest BCUT2D eigenvalue weighted by Crippen LogP contribution is -2.54. The number of amides is 2. The summed E-state index contributed by atoms with van der Waals surface area (Å²) in [5, 5.41) is 0. The molecule has 0 radical (unpaired) electrons. The number of ether oxygens (including phenoxy) is 2. The van der Waals surface area contributed by atoms with Gasteiger partial charge in [-0.05, 0) is 51.1 Å². The summed E-state index contributed by atoms with van der Waals surface area (Å²) >= 11 is 0. The fourth-order valence-corrected chi connectivity index (χ4v) is 3.57. The van der Waals surface area contributed by atoms with Crippen LogP contribution in [0.15, 0.2) is 30.3 Å². The van der Waals surface area contributed by atoms with Gasteiger partial charge >= 0.3 is 0 Å². The number of rotatable bonds is 4. The Hall–Kier alpha value is -3.62. The summed E-state index contributed by atoms with van der Waals surface area (Å²) in [6.07, 6.45) is 0.